The van der Waals surface area contributed by atoms with Crippen LogP contribution in [-0.4, -0.2) is 16.7 Å². The second kappa shape index (κ2) is 3.99. The van der Waals surface area contributed by atoms with E-state index < -0.39 is 0 Å². The second-order valence-corrected chi connectivity index (χ2v) is 2.54. The molecular formula is C9H12N2O. The van der Waals surface area contributed by atoms with Crippen LogP contribution in [0.4, 0.5) is 0 Å². The largest absolute Gasteiger partial charge is 0.394 e. The molecule has 0 aliphatic heterocycles. The molecule has 0 amide bonds. The van der Waals surface area contributed by atoms with Gasteiger partial charge in [-0.15, -0.1) is 0 Å². The van der Waals surface area contributed by atoms with Gasteiger partial charge in [-0.25, -0.2) is 0 Å². The van der Waals surface area contributed by atoms with Crippen molar-refractivity contribution in [1.82, 2.24) is 4.98 Å². The van der Waals surface area contributed by atoms with Crippen molar-refractivity contribution in [1.29, 1.82) is 0 Å². The number of rotatable bonds is 3. The summed E-state index contributed by atoms with van der Waals surface area (Å²) in [5.74, 6) is 0. The van der Waals surface area contributed by atoms with E-state index in [2.05, 4.69) is 11.6 Å². The van der Waals surface area contributed by atoms with E-state index in [1.54, 1.807) is 18.5 Å². The summed E-state index contributed by atoms with van der Waals surface area (Å²) >= 11 is 0. The smallest absolute Gasteiger partial charge is 0.0624 e. The normalized spacial score (nSPS) is 12.5. The van der Waals surface area contributed by atoms with Gasteiger partial charge in [-0.1, -0.05) is 12.7 Å². The molecule has 64 valence electrons. The minimum atomic E-state index is -0.350. The molecule has 1 rings (SSSR count). The van der Waals surface area contributed by atoms with Crippen molar-refractivity contribution in [2.24, 2.45) is 5.73 Å². The Balaban J connectivity index is 2.93. The first-order valence-corrected chi connectivity index (χ1v) is 3.71. The third-order valence-electron chi connectivity index (χ3n) is 1.64. The van der Waals surface area contributed by atoms with Crippen LogP contribution in [0.3, 0.4) is 0 Å². The van der Waals surface area contributed by atoms with Gasteiger partial charge < -0.3 is 10.8 Å². The Morgan fingerprint density at radius 2 is 2.42 bits per heavy atom. The molecule has 1 atom stereocenters. The van der Waals surface area contributed by atoms with Gasteiger partial charge >= 0.3 is 0 Å². The molecule has 12 heavy (non-hydrogen) atoms. The maximum atomic E-state index is 8.77. The standard InChI is InChI=1S/C9H12N2O/c1-2-7-3-8(5-11-4-7)9(10)6-12/h2-5,9,12H,1,6,10H2/t9-/m0/s1. The van der Waals surface area contributed by atoms with Crippen LogP contribution in [0.25, 0.3) is 6.08 Å². The number of hydrogen-bond donors (Lipinski definition) is 2. The van der Waals surface area contributed by atoms with Crippen LogP contribution in [0.1, 0.15) is 17.2 Å². The lowest BCUT2D eigenvalue weighted by molar-refractivity contribution is 0.268. The lowest BCUT2D eigenvalue weighted by Crippen LogP contribution is -2.14. The summed E-state index contributed by atoms with van der Waals surface area (Å²) in [5, 5.41) is 8.77. The number of nitrogens with two attached hydrogens (primary N) is 1. The van der Waals surface area contributed by atoms with Crippen LogP contribution < -0.4 is 5.73 Å². The van der Waals surface area contributed by atoms with Crippen LogP contribution in [0.5, 0.6) is 0 Å². The summed E-state index contributed by atoms with van der Waals surface area (Å²) in [4.78, 5) is 3.96. The summed E-state index contributed by atoms with van der Waals surface area (Å²) in [7, 11) is 0. The van der Waals surface area contributed by atoms with Crippen LogP contribution in [0.2, 0.25) is 0 Å². The van der Waals surface area contributed by atoms with Crippen molar-refractivity contribution >= 4 is 6.08 Å². The van der Waals surface area contributed by atoms with Gasteiger partial charge in [0.2, 0.25) is 0 Å². The molecule has 0 aliphatic carbocycles. The van der Waals surface area contributed by atoms with E-state index in [-0.39, 0.29) is 12.6 Å². The number of pyridine rings is 1. The highest BCUT2D eigenvalue weighted by Gasteiger charge is 2.03. The zero-order valence-electron chi connectivity index (χ0n) is 6.77. The summed E-state index contributed by atoms with van der Waals surface area (Å²) < 4.78 is 0. The average molecular weight is 164 g/mol. The number of aliphatic hydroxyl groups excluding tert-OH is 1. The highest BCUT2D eigenvalue weighted by atomic mass is 16.3. The minimum Gasteiger partial charge on any atom is -0.394 e. The predicted molar refractivity (Wildman–Crippen MR) is 48.3 cm³/mol. The van der Waals surface area contributed by atoms with Gasteiger partial charge in [0, 0.05) is 12.4 Å². The summed E-state index contributed by atoms with van der Waals surface area (Å²) in [6.45, 7) is 3.55. The van der Waals surface area contributed by atoms with Gasteiger partial charge in [-0.2, -0.15) is 0 Å². The summed E-state index contributed by atoms with van der Waals surface area (Å²) in [5.41, 5.74) is 7.34. The van der Waals surface area contributed by atoms with E-state index in [4.69, 9.17) is 10.8 Å². The number of aromatic nitrogens is 1. The molecule has 1 heterocycles. The Kier molecular flexibility index (Phi) is 2.96. The van der Waals surface area contributed by atoms with Gasteiger partial charge in [0.15, 0.2) is 0 Å². The molecule has 0 saturated heterocycles. The fourth-order valence-corrected chi connectivity index (χ4v) is 0.896. The number of aliphatic hydroxyl groups is 1. The van der Waals surface area contributed by atoms with E-state index in [1.165, 1.54) is 0 Å². The lowest BCUT2D eigenvalue weighted by atomic mass is 10.1. The second-order valence-electron chi connectivity index (χ2n) is 2.54. The fourth-order valence-electron chi connectivity index (χ4n) is 0.896. The minimum absolute atomic E-state index is 0.0672. The highest BCUT2D eigenvalue weighted by molar-refractivity contribution is 5.46. The van der Waals surface area contributed by atoms with Crippen LogP contribution in [-0.2, 0) is 0 Å². The maximum Gasteiger partial charge on any atom is 0.0624 e. The first kappa shape index (κ1) is 8.90. The Hall–Kier alpha value is -1.19. The number of hydrogen-bond acceptors (Lipinski definition) is 3. The van der Waals surface area contributed by atoms with Crippen molar-refractivity contribution in [3.63, 3.8) is 0 Å². The maximum absolute atomic E-state index is 8.77. The molecule has 0 saturated carbocycles. The first-order chi connectivity index (χ1) is 5.77. The molecule has 0 spiro atoms. The molecule has 3 nitrogen and oxygen atoms in total. The van der Waals surface area contributed by atoms with Gasteiger partial charge in [0.25, 0.3) is 0 Å². The highest BCUT2D eigenvalue weighted by Crippen LogP contribution is 2.10. The molecule has 3 heteroatoms. The molecule has 1 aromatic heterocycles. The van der Waals surface area contributed by atoms with E-state index in [9.17, 15) is 0 Å². The quantitative estimate of drug-likeness (QED) is 0.692. The molecule has 0 aromatic carbocycles. The molecule has 0 aliphatic rings. The molecule has 3 N–H and O–H groups in total. The molecule has 0 fully saturated rings. The average Bonchev–Trinajstić information content (AvgIpc) is 2.17. The molecule has 0 radical (unpaired) electrons. The number of nitrogens with zero attached hydrogens (tertiary/aromatic N) is 1. The summed E-state index contributed by atoms with van der Waals surface area (Å²) in [6.07, 6.45) is 5.04. The SMILES string of the molecule is C=Cc1cncc([C@@H](N)CO)c1. The Morgan fingerprint density at radius 3 is 3.00 bits per heavy atom. The summed E-state index contributed by atoms with van der Waals surface area (Å²) in [6, 6.07) is 1.51. The monoisotopic (exact) mass is 164 g/mol. The molecule has 0 unspecified atom stereocenters. The van der Waals surface area contributed by atoms with Crippen molar-refractivity contribution in [3.05, 3.63) is 36.2 Å². The topological polar surface area (TPSA) is 59.1 Å². The Morgan fingerprint density at radius 1 is 1.67 bits per heavy atom. The van der Waals surface area contributed by atoms with Gasteiger partial charge in [0.1, 0.15) is 0 Å². The van der Waals surface area contributed by atoms with Crippen LogP contribution >= 0.6 is 0 Å². The van der Waals surface area contributed by atoms with E-state index in [0.29, 0.717) is 0 Å². The van der Waals surface area contributed by atoms with Gasteiger partial charge in [-0.3, -0.25) is 4.98 Å². The predicted octanol–water partition coefficient (Wildman–Crippen LogP) is 0.717. The molecular weight excluding hydrogens is 152 g/mol. The van der Waals surface area contributed by atoms with Crippen LogP contribution in [0, 0.1) is 0 Å². The fraction of sp³-hybridized carbons (Fsp3) is 0.222. The zero-order chi connectivity index (χ0) is 8.97. The third kappa shape index (κ3) is 1.90. The van der Waals surface area contributed by atoms with E-state index >= 15 is 0 Å². The van der Waals surface area contributed by atoms with Crippen molar-refractivity contribution < 1.29 is 5.11 Å². The Bertz CT molecular complexity index is 273. The van der Waals surface area contributed by atoms with Crippen molar-refractivity contribution in [3.8, 4) is 0 Å². The van der Waals surface area contributed by atoms with Crippen LogP contribution in [0.15, 0.2) is 25.0 Å². The Labute approximate surface area is 71.6 Å². The molecule has 0 bridgehead atoms. The van der Waals surface area contributed by atoms with Crippen molar-refractivity contribution in [2.75, 3.05) is 6.61 Å². The molecule has 1 aromatic rings. The van der Waals surface area contributed by atoms with Gasteiger partial charge in [-0.05, 0) is 17.2 Å². The lowest BCUT2D eigenvalue weighted by Gasteiger charge is -2.07. The van der Waals surface area contributed by atoms with Crippen molar-refractivity contribution in [2.45, 2.75) is 6.04 Å². The first-order valence-electron chi connectivity index (χ1n) is 3.71. The third-order valence-corrected chi connectivity index (χ3v) is 1.64. The van der Waals surface area contributed by atoms with E-state index in [0.717, 1.165) is 11.1 Å². The van der Waals surface area contributed by atoms with Gasteiger partial charge in [0.05, 0.1) is 12.6 Å². The zero-order valence-corrected chi connectivity index (χ0v) is 6.77. The van der Waals surface area contributed by atoms with E-state index in [1.807, 2.05) is 6.07 Å².